The van der Waals surface area contributed by atoms with E-state index in [1.807, 2.05) is 94.4 Å². The summed E-state index contributed by atoms with van der Waals surface area (Å²) < 4.78 is 91.2. The Morgan fingerprint density at radius 3 is 1.00 bits per heavy atom. The van der Waals surface area contributed by atoms with E-state index in [1.54, 1.807) is 52.0 Å². The molecule has 0 unspecified atom stereocenters. The summed E-state index contributed by atoms with van der Waals surface area (Å²) in [4.78, 5) is 0. The molecule has 0 aromatic heterocycles. The first-order valence-corrected chi connectivity index (χ1v) is 29.9. The largest absolute Gasteiger partial charge is 0.207 e. The zero-order chi connectivity index (χ0) is 64.2. The van der Waals surface area contributed by atoms with Gasteiger partial charge in [0.15, 0.2) is 0 Å². The Kier molecular flexibility index (Phi) is 26.6. The normalized spacial score (nSPS) is 13.0. The molecule has 0 amide bonds. The lowest BCUT2D eigenvalue weighted by Gasteiger charge is -2.22. The molecule has 1 aliphatic carbocycles. The highest BCUT2D eigenvalue weighted by Gasteiger charge is 2.13. The van der Waals surface area contributed by atoms with Gasteiger partial charge in [0.1, 0.15) is 40.7 Å². The minimum absolute atomic E-state index is 0.0846. The van der Waals surface area contributed by atoms with Gasteiger partial charge >= 0.3 is 0 Å². The predicted octanol–water partition coefficient (Wildman–Crippen LogP) is 24.5. The molecule has 11 aromatic carbocycles. The number of hydrogen-bond acceptors (Lipinski definition) is 0. The number of benzene rings is 11. The third kappa shape index (κ3) is 22.0. The van der Waals surface area contributed by atoms with Crippen molar-refractivity contribution < 1.29 is 30.7 Å². The van der Waals surface area contributed by atoms with E-state index in [4.69, 9.17) is 0 Å². The Bertz CT molecular complexity index is 3930. The zero-order valence-corrected chi connectivity index (χ0v) is 53.9. The average Bonchev–Trinajstić information content (AvgIpc) is 2.46. The highest BCUT2D eigenvalue weighted by molar-refractivity contribution is 5.86. The van der Waals surface area contributed by atoms with Crippen molar-refractivity contribution in [2.45, 2.75) is 136 Å². The van der Waals surface area contributed by atoms with Gasteiger partial charge in [-0.05, 0) is 205 Å². The summed E-state index contributed by atoms with van der Waals surface area (Å²) in [6.07, 6.45) is 5.89. The molecule has 0 nitrogen and oxygen atoms in total. The van der Waals surface area contributed by atoms with E-state index in [-0.39, 0.29) is 28.6 Å². The van der Waals surface area contributed by atoms with Crippen LogP contribution in [0, 0.1) is 149 Å². The lowest BCUT2D eigenvalue weighted by atomic mass is 9.84. The van der Waals surface area contributed by atoms with E-state index in [2.05, 4.69) is 102 Å². The van der Waals surface area contributed by atoms with Crippen LogP contribution in [0.1, 0.15) is 117 Å². The van der Waals surface area contributed by atoms with Crippen molar-refractivity contribution in [3.8, 4) is 0 Å². The smallest absolute Gasteiger partial charge is 0.136 e. The monoisotopic (exact) mass is 1180 g/mol. The summed E-state index contributed by atoms with van der Waals surface area (Å²) in [6, 6.07) is 55.2. The van der Waals surface area contributed by atoms with Crippen LogP contribution in [0.25, 0.3) is 43.1 Å². The molecule has 0 saturated heterocycles. The maximum atomic E-state index is 13.6. The minimum Gasteiger partial charge on any atom is -0.207 e. The van der Waals surface area contributed by atoms with Crippen LogP contribution >= 0.6 is 0 Å². The molecule has 0 heterocycles. The molecule has 12 rings (SSSR count). The van der Waals surface area contributed by atoms with Gasteiger partial charge in [0.2, 0.25) is 0 Å². The molecule has 0 aliphatic heterocycles. The number of halogens is 7. The maximum absolute atomic E-state index is 13.6. The lowest BCUT2D eigenvalue weighted by molar-refractivity contribution is 0.308. The Hall–Kier alpha value is -8.03. The van der Waals surface area contributed by atoms with Gasteiger partial charge in [-0.25, -0.2) is 30.7 Å². The second kappa shape index (κ2) is 33.2. The molecule has 1 saturated carbocycles. The van der Waals surface area contributed by atoms with E-state index < -0.39 is 23.3 Å². The molecule has 0 N–H and O–H groups in total. The van der Waals surface area contributed by atoms with E-state index in [0.717, 1.165) is 50.2 Å². The van der Waals surface area contributed by atoms with Gasteiger partial charge < -0.3 is 0 Å². The molecule has 1 aliphatic rings. The number of rotatable bonds is 0. The summed E-state index contributed by atoms with van der Waals surface area (Å²) in [5.41, 5.74) is 12.5. The third-order valence-corrected chi connectivity index (χ3v) is 15.4. The molecule has 456 valence electrons. The maximum Gasteiger partial charge on any atom is 0.136 e. The van der Waals surface area contributed by atoms with Crippen molar-refractivity contribution in [1.29, 1.82) is 0 Å². The highest BCUT2D eigenvalue weighted by Crippen LogP contribution is 2.28. The summed E-state index contributed by atoms with van der Waals surface area (Å²) in [6.45, 7) is 30.8. The van der Waals surface area contributed by atoms with Gasteiger partial charge in [-0.15, -0.1) is 0 Å². The van der Waals surface area contributed by atoms with Gasteiger partial charge in [-0.2, -0.15) is 0 Å². The third-order valence-electron chi connectivity index (χ3n) is 15.4. The van der Waals surface area contributed by atoms with Crippen LogP contribution in [0.3, 0.4) is 0 Å². The predicted molar refractivity (Wildman–Crippen MR) is 358 cm³/mol. The fourth-order valence-corrected chi connectivity index (χ4v) is 9.59. The second-order valence-corrected chi connectivity index (χ2v) is 23.9. The van der Waals surface area contributed by atoms with Crippen molar-refractivity contribution in [3.63, 3.8) is 0 Å². The van der Waals surface area contributed by atoms with Gasteiger partial charge in [0.05, 0.1) is 0 Å². The second-order valence-electron chi connectivity index (χ2n) is 23.9. The van der Waals surface area contributed by atoms with Crippen molar-refractivity contribution >= 4 is 43.1 Å². The molecule has 0 radical (unpaired) electrons. The zero-order valence-electron chi connectivity index (χ0n) is 53.9. The van der Waals surface area contributed by atoms with Crippen LogP contribution in [-0.4, -0.2) is 0 Å². The Balaban J connectivity index is 0.000000183. The average molecular weight is 1180 g/mol. The molecule has 7 heteroatoms. The summed E-state index contributed by atoms with van der Waals surface area (Å²) in [5.74, 6) is -0.196. The van der Waals surface area contributed by atoms with Crippen LogP contribution in [0.4, 0.5) is 30.7 Å². The molecule has 0 bridgehead atoms. The van der Waals surface area contributed by atoms with E-state index in [9.17, 15) is 30.7 Å². The highest BCUT2D eigenvalue weighted by atomic mass is 19.2. The van der Waals surface area contributed by atoms with Crippen molar-refractivity contribution in [3.05, 3.63) is 295 Å². The summed E-state index contributed by atoms with van der Waals surface area (Å²) in [7, 11) is 0. The molecule has 11 aromatic rings. The van der Waals surface area contributed by atoms with Crippen LogP contribution < -0.4 is 0 Å². The fourth-order valence-electron chi connectivity index (χ4n) is 9.59. The van der Waals surface area contributed by atoms with Crippen LogP contribution in [0.2, 0.25) is 0 Å². The minimum atomic E-state index is -0.486. The van der Waals surface area contributed by atoms with Gasteiger partial charge in [0, 0.05) is 21.9 Å². The summed E-state index contributed by atoms with van der Waals surface area (Å²) >= 11 is 0. The molecule has 0 spiro atoms. The van der Waals surface area contributed by atoms with E-state index >= 15 is 0 Å². The topological polar surface area (TPSA) is 0 Å². The fraction of sp³-hybridized carbons (Fsp3) is 0.275. The Morgan fingerprint density at radius 1 is 0.230 bits per heavy atom. The first-order valence-electron chi connectivity index (χ1n) is 29.9. The van der Waals surface area contributed by atoms with E-state index in [1.165, 1.54) is 96.8 Å². The van der Waals surface area contributed by atoms with Crippen molar-refractivity contribution in [2.75, 3.05) is 0 Å². The van der Waals surface area contributed by atoms with Gasteiger partial charge in [0.25, 0.3) is 0 Å². The number of aryl methyl sites for hydroxylation is 12. The van der Waals surface area contributed by atoms with Gasteiger partial charge in [-0.3, -0.25) is 0 Å². The molecule has 0 atom stereocenters. The first-order chi connectivity index (χ1) is 41.1. The molecule has 1 fully saturated rings. The Labute approximate surface area is 514 Å². The van der Waals surface area contributed by atoms with Gasteiger partial charge in [-0.1, -0.05) is 218 Å². The van der Waals surface area contributed by atoms with Crippen LogP contribution in [-0.2, 0) is 0 Å². The lowest BCUT2D eigenvalue weighted by Crippen LogP contribution is -2.08. The standard InChI is InChI=1S/C12H10F2.2C12H11F.C12H12.C8H8F2.C8H9F.C8H16.C8H10/c1-7-3-4-10-9(5-7)6-11(13)8(2)12(10)14;1-8-3-6-11-10(7-8)5-4-9(2)12(11)13;1-8-3-4-10-6-9(2)12(13)7-11(10)5-8;1-9-3-5-12-8-10(2)4-6-11(12)7-9;1-5-3-7(9)6(2)8(10)4-5;1-6-3-4-7(2)8(9)5-6;2*1-7-3-5-8(2)6-4-7/h3-6H,1-2H3;2*3-7H,1-2H3;3-8H,1-2H3;3-4H,1-2H3;3-5H,1-2H3;7-8H,3-6H2,1-2H3;3-6H,1-2H3. The Morgan fingerprint density at radius 2 is 0.540 bits per heavy atom. The first kappa shape index (κ1) is 69.7. The molecular weight excluding hydrogens is 1090 g/mol. The van der Waals surface area contributed by atoms with Crippen molar-refractivity contribution in [1.82, 2.24) is 0 Å². The van der Waals surface area contributed by atoms with Crippen LogP contribution in [0.15, 0.2) is 176 Å². The van der Waals surface area contributed by atoms with Crippen molar-refractivity contribution in [2.24, 2.45) is 11.8 Å². The quantitative estimate of drug-likeness (QED) is 0.133. The summed E-state index contributed by atoms with van der Waals surface area (Å²) in [5, 5.41) is 7.53. The molecular formula is C80H87F7. The SMILES string of the molecule is CC1CCC(C)CC1.Cc1cc(F)c(C)c(F)c1.Cc1ccc(C)c(F)c1.Cc1ccc(C)cc1.Cc1ccc2c(F)c(C)c(F)cc2c1.Cc1ccc2c(F)c(C)ccc2c1.Cc1ccc2cc(C)c(F)cc2c1.Cc1ccc2cc(C)ccc2c1. The number of hydrogen-bond donors (Lipinski definition) is 0. The number of fused-ring (bicyclic) bond motifs is 4. The molecule has 87 heavy (non-hydrogen) atoms. The van der Waals surface area contributed by atoms with Crippen LogP contribution in [0.5, 0.6) is 0 Å². The van der Waals surface area contributed by atoms with E-state index in [0.29, 0.717) is 38.4 Å².